The number of amides is 1. The summed E-state index contributed by atoms with van der Waals surface area (Å²) in [6, 6.07) is 0. The van der Waals surface area contributed by atoms with E-state index >= 15 is 0 Å². The minimum atomic E-state index is 0.0618. The predicted molar refractivity (Wildman–Crippen MR) is 48.7 cm³/mol. The van der Waals surface area contributed by atoms with Gasteiger partial charge in [0.2, 0.25) is 5.91 Å². The second kappa shape index (κ2) is 3.90. The summed E-state index contributed by atoms with van der Waals surface area (Å²) in [6.45, 7) is 2.57. The Kier molecular flexibility index (Phi) is 3.09. The van der Waals surface area contributed by atoms with Crippen LogP contribution >= 0.6 is 0 Å². The van der Waals surface area contributed by atoms with Gasteiger partial charge in [-0.1, -0.05) is 12.8 Å². The lowest BCUT2D eigenvalue weighted by Crippen LogP contribution is -2.44. The summed E-state index contributed by atoms with van der Waals surface area (Å²) in [5, 5.41) is 3.04. The van der Waals surface area contributed by atoms with Crippen molar-refractivity contribution in [1.29, 1.82) is 0 Å². The first-order chi connectivity index (χ1) is 5.66. The average Bonchev–Trinajstić information content (AvgIpc) is 2.36. The van der Waals surface area contributed by atoms with Crippen molar-refractivity contribution in [3.05, 3.63) is 0 Å². The number of nitrogens with one attached hydrogen (secondary N) is 1. The van der Waals surface area contributed by atoms with Gasteiger partial charge in [-0.2, -0.15) is 0 Å². The molecule has 0 aromatic rings. The number of rotatable bonds is 3. The molecule has 0 aromatic carbocycles. The topological polar surface area (TPSA) is 55.1 Å². The van der Waals surface area contributed by atoms with Crippen molar-refractivity contribution in [2.45, 2.75) is 44.6 Å². The van der Waals surface area contributed by atoms with E-state index in [1.807, 2.05) is 0 Å². The second-order valence-corrected chi connectivity index (χ2v) is 3.85. The Bertz CT molecular complexity index is 162. The lowest BCUT2D eigenvalue weighted by Gasteiger charge is -2.25. The maximum Gasteiger partial charge on any atom is 0.221 e. The summed E-state index contributed by atoms with van der Waals surface area (Å²) >= 11 is 0. The average molecular weight is 170 g/mol. The molecule has 0 aromatic heterocycles. The van der Waals surface area contributed by atoms with Crippen LogP contribution in [0.3, 0.4) is 0 Å². The van der Waals surface area contributed by atoms with Gasteiger partial charge in [-0.15, -0.1) is 0 Å². The fraction of sp³-hybridized carbons (Fsp3) is 0.889. The molecule has 70 valence electrons. The molecule has 0 atom stereocenters. The summed E-state index contributed by atoms with van der Waals surface area (Å²) < 4.78 is 0. The monoisotopic (exact) mass is 170 g/mol. The number of nitrogens with two attached hydrogens (primary N) is 1. The molecule has 1 fully saturated rings. The SMILES string of the molecule is CC1(NC(=O)CCN)CCCC1. The first kappa shape index (κ1) is 9.52. The summed E-state index contributed by atoms with van der Waals surface area (Å²) in [5.41, 5.74) is 5.35. The third-order valence-corrected chi connectivity index (χ3v) is 2.52. The van der Waals surface area contributed by atoms with Gasteiger partial charge in [0.05, 0.1) is 0 Å². The van der Waals surface area contributed by atoms with Crippen molar-refractivity contribution < 1.29 is 4.79 Å². The number of carbonyl (C=O) groups is 1. The Labute approximate surface area is 73.7 Å². The van der Waals surface area contributed by atoms with Gasteiger partial charge in [-0.3, -0.25) is 4.79 Å². The standard InChI is InChI=1S/C9H18N2O/c1-9(5-2-3-6-9)11-8(12)4-7-10/h2-7,10H2,1H3,(H,11,12). The number of hydrogen-bond donors (Lipinski definition) is 2. The summed E-state index contributed by atoms with van der Waals surface area (Å²) in [4.78, 5) is 11.2. The highest BCUT2D eigenvalue weighted by Gasteiger charge is 2.29. The van der Waals surface area contributed by atoms with E-state index < -0.39 is 0 Å². The maximum atomic E-state index is 11.2. The van der Waals surface area contributed by atoms with E-state index in [9.17, 15) is 4.79 Å². The Morgan fingerprint density at radius 3 is 2.58 bits per heavy atom. The van der Waals surface area contributed by atoms with Crippen molar-refractivity contribution in [3.63, 3.8) is 0 Å². The van der Waals surface area contributed by atoms with Crippen LogP contribution in [0, 0.1) is 0 Å². The third-order valence-electron chi connectivity index (χ3n) is 2.52. The van der Waals surface area contributed by atoms with Gasteiger partial charge in [0.25, 0.3) is 0 Å². The molecule has 3 nitrogen and oxygen atoms in total. The lowest BCUT2D eigenvalue weighted by molar-refractivity contribution is -0.122. The summed E-state index contributed by atoms with van der Waals surface area (Å²) in [6.07, 6.45) is 5.15. The van der Waals surface area contributed by atoms with E-state index in [2.05, 4.69) is 12.2 Å². The molecule has 1 rings (SSSR count). The smallest absolute Gasteiger partial charge is 0.221 e. The molecule has 1 aliphatic carbocycles. The Hall–Kier alpha value is -0.570. The van der Waals surface area contributed by atoms with Gasteiger partial charge in [0.15, 0.2) is 0 Å². The van der Waals surface area contributed by atoms with Crippen LogP contribution in [0.5, 0.6) is 0 Å². The van der Waals surface area contributed by atoms with Gasteiger partial charge in [0.1, 0.15) is 0 Å². The molecule has 0 heterocycles. The van der Waals surface area contributed by atoms with Crippen LogP contribution < -0.4 is 11.1 Å². The van der Waals surface area contributed by atoms with Crippen LogP contribution in [0.15, 0.2) is 0 Å². The second-order valence-electron chi connectivity index (χ2n) is 3.85. The van der Waals surface area contributed by atoms with Crippen LogP contribution in [0.2, 0.25) is 0 Å². The molecule has 0 saturated heterocycles. The third kappa shape index (κ3) is 2.48. The molecule has 1 aliphatic rings. The molecule has 0 bridgehead atoms. The first-order valence-electron chi connectivity index (χ1n) is 4.67. The van der Waals surface area contributed by atoms with E-state index in [0.717, 1.165) is 12.8 Å². The van der Waals surface area contributed by atoms with Crippen molar-refractivity contribution in [3.8, 4) is 0 Å². The number of carbonyl (C=O) groups excluding carboxylic acids is 1. The molecular weight excluding hydrogens is 152 g/mol. The Balaban J connectivity index is 2.33. The lowest BCUT2D eigenvalue weighted by atomic mass is 10.0. The summed E-state index contributed by atoms with van der Waals surface area (Å²) in [5.74, 6) is 0.0990. The first-order valence-corrected chi connectivity index (χ1v) is 4.67. The van der Waals surface area contributed by atoms with Gasteiger partial charge >= 0.3 is 0 Å². The van der Waals surface area contributed by atoms with E-state index in [0.29, 0.717) is 13.0 Å². The fourth-order valence-corrected chi connectivity index (χ4v) is 1.81. The van der Waals surface area contributed by atoms with E-state index in [-0.39, 0.29) is 11.4 Å². The zero-order valence-corrected chi connectivity index (χ0v) is 7.73. The molecule has 3 heteroatoms. The zero-order chi connectivity index (χ0) is 9.03. The Morgan fingerprint density at radius 1 is 1.50 bits per heavy atom. The molecule has 0 aliphatic heterocycles. The van der Waals surface area contributed by atoms with Crippen molar-refractivity contribution >= 4 is 5.91 Å². The normalized spacial score (nSPS) is 20.8. The van der Waals surface area contributed by atoms with E-state index in [1.165, 1.54) is 12.8 Å². The van der Waals surface area contributed by atoms with Crippen LogP contribution in [-0.2, 0) is 4.79 Å². The van der Waals surface area contributed by atoms with Crippen molar-refractivity contribution in [1.82, 2.24) is 5.32 Å². The molecule has 1 saturated carbocycles. The minimum absolute atomic E-state index is 0.0618. The number of hydrogen-bond acceptors (Lipinski definition) is 2. The molecule has 0 spiro atoms. The summed E-state index contributed by atoms with van der Waals surface area (Å²) in [7, 11) is 0. The minimum Gasteiger partial charge on any atom is -0.351 e. The highest BCUT2D eigenvalue weighted by molar-refractivity contribution is 5.76. The fourth-order valence-electron chi connectivity index (χ4n) is 1.81. The van der Waals surface area contributed by atoms with Gasteiger partial charge in [-0.05, 0) is 19.8 Å². The van der Waals surface area contributed by atoms with Crippen LogP contribution in [0.25, 0.3) is 0 Å². The quantitative estimate of drug-likeness (QED) is 0.657. The van der Waals surface area contributed by atoms with E-state index in [4.69, 9.17) is 5.73 Å². The van der Waals surface area contributed by atoms with Crippen LogP contribution in [0.4, 0.5) is 0 Å². The largest absolute Gasteiger partial charge is 0.351 e. The van der Waals surface area contributed by atoms with Gasteiger partial charge in [0, 0.05) is 18.5 Å². The molecule has 3 N–H and O–H groups in total. The molecule has 0 unspecified atom stereocenters. The van der Waals surface area contributed by atoms with Crippen LogP contribution in [-0.4, -0.2) is 18.0 Å². The molecule has 1 amide bonds. The van der Waals surface area contributed by atoms with Crippen molar-refractivity contribution in [2.75, 3.05) is 6.54 Å². The van der Waals surface area contributed by atoms with Gasteiger partial charge < -0.3 is 11.1 Å². The molecule has 0 radical (unpaired) electrons. The highest BCUT2D eigenvalue weighted by atomic mass is 16.1. The predicted octanol–water partition coefficient (Wildman–Crippen LogP) is 0.784. The van der Waals surface area contributed by atoms with Gasteiger partial charge in [-0.25, -0.2) is 0 Å². The molecule has 12 heavy (non-hydrogen) atoms. The van der Waals surface area contributed by atoms with Crippen molar-refractivity contribution in [2.24, 2.45) is 5.73 Å². The van der Waals surface area contributed by atoms with E-state index in [1.54, 1.807) is 0 Å². The highest BCUT2D eigenvalue weighted by Crippen LogP contribution is 2.28. The Morgan fingerprint density at radius 2 is 2.08 bits per heavy atom. The maximum absolute atomic E-state index is 11.2. The van der Waals surface area contributed by atoms with Crippen LogP contribution in [0.1, 0.15) is 39.0 Å². The molecular formula is C9H18N2O. The zero-order valence-electron chi connectivity index (χ0n) is 7.73.